The first-order chi connectivity index (χ1) is 13.3. The minimum atomic E-state index is -4.37. The van der Waals surface area contributed by atoms with Crippen LogP contribution in [0.25, 0.3) is 0 Å². The van der Waals surface area contributed by atoms with Crippen LogP contribution in [-0.2, 0) is 17.5 Å². The number of imidazole rings is 1. The van der Waals surface area contributed by atoms with E-state index in [4.69, 9.17) is 4.74 Å². The van der Waals surface area contributed by atoms with E-state index in [-0.39, 0.29) is 24.7 Å². The molecule has 1 fully saturated rings. The molecule has 1 aromatic heterocycles. The predicted molar refractivity (Wildman–Crippen MR) is 104 cm³/mol. The molecule has 11 heteroatoms. The van der Waals surface area contributed by atoms with Crippen LogP contribution in [0.15, 0.2) is 29.1 Å². The number of hydrogen-bond donors (Lipinski definition) is 2. The van der Waals surface area contributed by atoms with Gasteiger partial charge in [0.15, 0.2) is 0 Å². The highest BCUT2D eigenvalue weighted by Gasteiger charge is 2.31. The Balaban J connectivity index is 0.00000300. The highest BCUT2D eigenvalue weighted by atomic mass is 35.5. The number of aromatic amines is 2. The number of alkyl halides is 3. The minimum Gasteiger partial charge on any atom is -0.461 e. The number of esters is 1. The van der Waals surface area contributed by atoms with Crippen LogP contribution in [0, 0.1) is 0 Å². The van der Waals surface area contributed by atoms with Crippen LogP contribution in [0.5, 0.6) is 0 Å². The molecule has 0 unspecified atom stereocenters. The van der Waals surface area contributed by atoms with Gasteiger partial charge >= 0.3 is 17.8 Å². The Morgan fingerprint density at radius 1 is 1.17 bits per heavy atom. The number of hydrogen-bond acceptors (Lipinski definition) is 5. The van der Waals surface area contributed by atoms with E-state index in [1.54, 1.807) is 13.0 Å². The van der Waals surface area contributed by atoms with Gasteiger partial charge in [0.1, 0.15) is 5.69 Å². The molecule has 160 valence electrons. The van der Waals surface area contributed by atoms with Crippen molar-refractivity contribution in [3.63, 3.8) is 0 Å². The molecule has 0 saturated carbocycles. The SMILES string of the molecule is CCOC(=O)c1[nH]c(=O)[nH]c1CN1CCN(c2cccc(C(F)(F)F)c2)CC1.Cl. The first-order valence-corrected chi connectivity index (χ1v) is 8.90. The molecule has 1 saturated heterocycles. The fourth-order valence-corrected chi connectivity index (χ4v) is 3.18. The van der Waals surface area contributed by atoms with E-state index in [0.29, 0.717) is 44.1 Å². The second-order valence-corrected chi connectivity index (χ2v) is 6.46. The zero-order valence-electron chi connectivity index (χ0n) is 15.7. The van der Waals surface area contributed by atoms with Crippen molar-refractivity contribution in [2.75, 3.05) is 37.7 Å². The maximum Gasteiger partial charge on any atom is 0.416 e. The van der Waals surface area contributed by atoms with Crippen LogP contribution in [-0.4, -0.2) is 53.6 Å². The van der Waals surface area contributed by atoms with Crippen molar-refractivity contribution >= 4 is 24.1 Å². The monoisotopic (exact) mass is 434 g/mol. The molecular weight excluding hydrogens is 413 g/mol. The molecular formula is C18H22ClF3N4O3. The third-order valence-electron chi connectivity index (χ3n) is 4.58. The summed E-state index contributed by atoms with van der Waals surface area (Å²) in [6.45, 7) is 4.42. The van der Waals surface area contributed by atoms with Crippen LogP contribution >= 0.6 is 12.4 Å². The van der Waals surface area contributed by atoms with Gasteiger partial charge < -0.3 is 14.6 Å². The van der Waals surface area contributed by atoms with Crippen molar-refractivity contribution in [3.8, 4) is 0 Å². The van der Waals surface area contributed by atoms with Crippen LogP contribution in [0.3, 0.4) is 0 Å². The number of H-pyrrole nitrogens is 2. The van der Waals surface area contributed by atoms with E-state index in [0.717, 1.165) is 12.1 Å². The van der Waals surface area contributed by atoms with Crippen molar-refractivity contribution < 1.29 is 22.7 Å². The number of aromatic nitrogens is 2. The fourth-order valence-electron chi connectivity index (χ4n) is 3.18. The van der Waals surface area contributed by atoms with Crippen molar-refractivity contribution in [3.05, 3.63) is 51.7 Å². The summed E-state index contributed by atoms with van der Waals surface area (Å²) in [6.07, 6.45) is -4.37. The normalized spacial score (nSPS) is 15.1. The molecule has 1 aliphatic rings. The van der Waals surface area contributed by atoms with Crippen molar-refractivity contribution in [2.24, 2.45) is 0 Å². The number of piperazine rings is 1. The second-order valence-electron chi connectivity index (χ2n) is 6.46. The molecule has 0 bridgehead atoms. The second kappa shape index (κ2) is 9.36. The van der Waals surface area contributed by atoms with Gasteiger partial charge in [0, 0.05) is 38.4 Å². The van der Waals surface area contributed by atoms with Gasteiger partial charge in [-0.15, -0.1) is 12.4 Å². The molecule has 2 heterocycles. The Labute approximate surface area is 171 Å². The molecule has 1 aromatic carbocycles. The van der Waals surface area contributed by atoms with Gasteiger partial charge in [0.25, 0.3) is 0 Å². The highest BCUT2D eigenvalue weighted by Crippen LogP contribution is 2.31. The van der Waals surface area contributed by atoms with Gasteiger partial charge in [0.2, 0.25) is 0 Å². The highest BCUT2D eigenvalue weighted by molar-refractivity contribution is 5.88. The lowest BCUT2D eigenvalue weighted by Gasteiger charge is -2.36. The van der Waals surface area contributed by atoms with E-state index >= 15 is 0 Å². The predicted octanol–water partition coefficient (Wildman–Crippen LogP) is 2.64. The van der Waals surface area contributed by atoms with Crippen molar-refractivity contribution in [2.45, 2.75) is 19.6 Å². The number of anilines is 1. The van der Waals surface area contributed by atoms with Gasteiger partial charge in [-0.25, -0.2) is 9.59 Å². The van der Waals surface area contributed by atoms with Gasteiger partial charge in [-0.2, -0.15) is 13.2 Å². The first kappa shape index (κ1) is 22.8. The summed E-state index contributed by atoms with van der Waals surface area (Å²) < 4.78 is 43.6. The standard InChI is InChI=1S/C18H21F3N4O3.ClH/c1-2-28-16(26)15-14(22-17(27)23-15)11-24-6-8-25(9-7-24)13-5-3-4-12(10-13)18(19,20)21;/h3-5,10H,2,6-9,11H2,1H3,(H2,22,23,27);1H. The number of nitrogens with one attached hydrogen (secondary N) is 2. The topological polar surface area (TPSA) is 81.4 Å². The number of carbonyl (C=O) groups excluding carboxylic acids is 1. The Hall–Kier alpha value is -2.46. The number of carbonyl (C=O) groups is 1. The average molecular weight is 435 g/mol. The summed E-state index contributed by atoms with van der Waals surface area (Å²) in [5, 5.41) is 0. The number of rotatable bonds is 5. The molecule has 0 amide bonds. The molecule has 3 rings (SSSR count). The minimum absolute atomic E-state index is 0. The Morgan fingerprint density at radius 2 is 1.86 bits per heavy atom. The third kappa shape index (κ3) is 5.54. The Kier molecular flexibility index (Phi) is 7.37. The maximum absolute atomic E-state index is 12.9. The fraction of sp³-hybridized carbons (Fsp3) is 0.444. The lowest BCUT2D eigenvalue weighted by molar-refractivity contribution is -0.137. The molecule has 1 aliphatic heterocycles. The summed E-state index contributed by atoms with van der Waals surface area (Å²) in [7, 11) is 0. The maximum atomic E-state index is 12.9. The van der Waals surface area contributed by atoms with Crippen molar-refractivity contribution in [1.29, 1.82) is 0 Å². The van der Waals surface area contributed by atoms with Crippen LogP contribution in [0.1, 0.15) is 28.7 Å². The summed E-state index contributed by atoms with van der Waals surface area (Å²) in [6, 6.07) is 5.27. The van der Waals surface area contributed by atoms with Gasteiger partial charge in [0.05, 0.1) is 17.9 Å². The van der Waals surface area contributed by atoms with E-state index in [1.165, 1.54) is 6.07 Å². The van der Waals surface area contributed by atoms with Gasteiger partial charge in [-0.05, 0) is 25.1 Å². The summed E-state index contributed by atoms with van der Waals surface area (Å²) in [4.78, 5) is 32.5. The van der Waals surface area contributed by atoms with E-state index < -0.39 is 23.4 Å². The Bertz CT molecular complexity index is 889. The van der Waals surface area contributed by atoms with Gasteiger partial charge in [-0.3, -0.25) is 9.88 Å². The smallest absolute Gasteiger partial charge is 0.416 e. The molecule has 0 spiro atoms. The quantitative estimate of drug-likeness (QED) is 0.707. The molecule has 2 N–H and O–H groups in total. The third-order valence-corrected chi connectivity index (χ3v) is 4.58. The lowest BCUT2D eigenvalue weighted by atomic mass is 10.1. The molecule has 2 aromatic rings. The molecule has 0 radical (unpaired) electrons. The number of nitrogens with zero attached hydrogens (tertiary/aromatic N) is 2. The van der Waals surface area contributed by atoms with Crippen LogP contribution in [0.2, 0.25) is 0 Å². The molecule has 29 heavy (non-hydrogen) atoms. The first-order valence-electron chi connectivity index (χ1n) is 8.90. The van der Waals surface area contributed by atoms with Crippen LogP contribution in [0.4, 0.5) is 18.9 Å². The number of halogens is 4. The number of ether oxygens (including phenoxy) is 1. The number of benzene rings is 1. The van der Waals surface area contributed by atoms with E-state index in [2.05, 4.69) is 9.97 Å². The lowest BCUT2D eigenvalue weighted by Crippen LogP contribution is -2.46. The summed E-state index contributed by atoms with van der Waals surface area (Å²) in [5.74, 6) is -0.599. The zero-order valence-corrected chi connectivity index (χ0v) is 16.5. The van der Waals surface area contributed by atoms with Crippen LogP contribution < -0.4 is 10.6 Å². The molecule has 0 atom stereocenters. The molecule has 0 aliphatic carbocycles. The van der Waals surface area contributed by atoms with Crippen molar-refractivity contribution in [1.82, 2.24) is 14.9 Å². The molecule has 7 nitrogen and oxygen atoms in total. The van der Waals surface area contributed by atoms with Gasteiger partial charge in [-0.1, -0.05) is 6.07 Å². The summed E-state index contributed by atoms with van der Waals surface area (Å²) in [5.41, 5.74) is -0.0862. The van der Waals surface area contributed by atoms with E-state index in [9.17, 15) is 22.8 Å². The van der Waals surface area contributed by atoms with E-state index in [1.807, 2.05) is 9.80 Å². The average Bonchev–Trinajstić information content (AvgIpc) is 3.02. The largest absolute Gasteiger partial charge is 0.461 e. The Morgan fingerprint density at radius 3 is 2.48 bits per heavy atom. The zero-order chi connectivity index (χ0) is 20.3. The summed E-state index contributed by atoms with van der Waals surface area (Å²) >= 11 is 0.